The quantitative estimate of drug-likeness (QED) is 0.270. The Morgan fingerprint density at radius 2 is 2.00 bits per heavy atom. The fourth-order valence-corrected chi connectivity index (χ4v) is 3.15. The summed E-state index contributed by atoms with van der Waals surface area (Å²) in [5, 5.41) is 19.4. The number of carbonyl (C=O) groups excluding carboxylic acids is 2. The van der Waals surface area contributed by atoms with Crippen LogP contribution < -0.4 is 11.2 Å². The number of morpholine rings is 1. The largest absolute Gasteiger partial charge is 0.465 e. The number of hydrogen-bond donors (Lipinski definition) is 2. The van der Waals surface area contributed by atoms with E-state index in [-0.39, 0.29) is 17.3 Å². The van der Waals surface area contributed by atoms with E-state index in [4.69, 9.17) is 10.5 Å². The van der Waals surface area contributed by atoms with Crippen molar-refractivity contribution in [2.24, 2.45) is 5.10 Å². The Morgan fingerprint density at radius 3 is 2.67 bits per heavy atom. The Morgan fingerprint density at radius 1 is 1.24 bits per heavy atom. The molecule has 0 saturated carbocycles. The van der Waals surface area contributed by atoms with Gasteiger partial charge in [-0.05, 0) is 28.0 Å². The molecule has 3 N–H and O–H groups in total. The molecule has 1 aliphatic heterocycles. The summed E-state index contributed by atoms with van der Waals surface area (Å²) < 4.78 is 15.8. The van der Waals surface area contributed by atoms with Gasteiger partial charge in [0.05, 0.1) is 32.1 Å². The highest BCUT2D eigenvalue weighted by Crippen LogP contribution is 2.17. The molecule has 1 aliphatic rings. The number of amides is 1. The van der Waals surface area contributed by atoms with Crippen molar-refractivity contribution in [2.75, 3.05) is 39.1 Å². The number of hydrogen-bond acceptors (Lipinski definition) is 12. The van der Waals surface area contributed by atoms with Crippen molar-refractivity contribution in [3.8, 4) is 5.82 Å². The lowest BCUT2D eigenvalue weighted by Gasteiger charge is -2.25. The highest BCUT2D eigenvalue weighted by Gasteiger charge is 2.26. The number of rotatable bonds is 7. The zero-order valence-electron chi connectivity index (χ0n) is 17.7. The minimum Gasteiger partial charge on any atom is -0.465 e. The van der Waals surface area contributed by atoms with Crippen molar-refractivity contribution in [1.82, 2.24) is 35.6 Å². The molecule has 14 heteroatoms. The van der Waals surface area contributed by atoms with E-state index in [9.17, 15) is 9.59 Å². The van der Waals surface area contributed by atoms with E-state index in [1.807, 2.05) is 0 Å². The maximum absolute atomic E-state index is 13.0. The minimum atomic E-state index is -0.576. The van der Waals surface area contributed by atoms with Crippen LogP contribution in [0.25, 0.3) is 5.82 Å². The Bertz CT molecular complexity index is 1150. The van der Waals surface area contributed by atoms with Crippen molar-refractivity contribution in [2.45, 2.75) is 6.54 Å². The average molecular weight is 455 g/mol. The van der Waals surface area contributed by atoms with Gasteiger partial charge in [0.2, 0.25) is 11.6 Å². The number of ether oxygens (including phenoxy) is 2. The zero-order chi connectivity index (χ0) is 23.2. The highest BCUT2D eigenvalue weighted by molar-refractivity contribution is 5.95. The molecule has 0 atom stereocenters. The Labute approximate surface area is 187 Å². The van der Waals surface area contributed by atoms with Crippen LogP contribution >= 0.6 is 0 Å². The molecule has 3 heterocycles. The number of benzene rings is 1. The lowest BCUT2D eigenvalue weighted by atomic mass is 10.1. The van der Waals surface area contributed by atoms with Crippen LogP contribution in [0.4, 0.5) is 5.82 Å². The van der Waals surface area contributed by atoms with Crippen LogP contribution in [0.2, 0.25) is 0 Å². The molecule has 1 amide bonds. The molecule has 172 valence electrons. The van der Waals surface area contributed by atoms with E-state index in [1.54, 1.807) is 24.3 Å². The number of hydrazone groups is 1. The van der Waals surface area contributed by atoms with Gasteiger partial charge in [0.1, 0.15) is 5.69 Å². The third-order valence-corrected chi connectivity index (χ3v) is 4.84. The summed E-state index contributed by atoms with van der Waals surface area (Å²) in [6.45, 7) is 2.95. The highest BCUT2D eigenvalue weighted by atomic mass is 16.6. The molecule has 2 aromatic heterocycles. The molecule has 4 rings (SSSR count). The molecular weight excluding hydrogens is 434 g/mol. The second-order valence-corrected chi connectivity index (χ2v) is 6.97. The van der Waals surface area contributed by atoms with Gasteiger partial charge in [-0.25, -0.2) is 14.8 Å². The Balaban J connectivity index is 1.53. The maximum Gasteiger partial charge on any atom is 0.337 e. The van der Waals surface area contributed by atoms with Gasteiger partial charge < -0.3 is 15.2 Å². The van der Waals surface area contributed by atoms with Gasteiger partial charge >= 0.3 is 5.97 Å². The Kier molecular flexibility index (Phi) is 6.66. The topological polar surface area (TPSA) is 176 Å². The van der Waals surface area contributed by atoms with E-state index in [1.165, 1.54) is 13.3 Å². The second kappa shape index (κ2) is 9.97. The van der Waals surface area contributed by atoms with Crippen LogP contribution in [0.1, 0.15) is 32.1 Å². The molecule has 0 unspecified atom stereocenters. The number of carbonyl (C=O) groups is 2. The van der Waals surface area contributed by atoms with E-state index in [0.717, 1.165) is 4.68 Å². The summed E-state index contributed by atoms with van der Waals surface area (Å²) in [4.78, 5) is 26.6. The van der Waals surface area contributed by atoms with Crippen LogP contribution in [0, 0.1) is 0 Å². The SMILES string of the molecule is COC(=O)c1ccc(/C=N/NC(=O)c2c(CN3CCOCC3)nnn2-c2nonc2N)cc1. The van der Waals surface area contributed by atoms with Gasteiger partial charge in [0.25, 0.3) is 5.91 Å². The van der Waals surface area contributed by atoms with E-state index >= 15 is 0 Å². The summed E-state index contributed by atoms with van der Waals surface area (Å²) in [7, 11) is 1.31. The number of nitrogens with one attached hydrogen (secondary N) is 1. The van der Waals surface area contributed by atoms with Crippen LogP contribution in [0.15, 0.2) is 34.0 Å². The van der Waals surface area contributed by atoms with Gasteiger partial charge in [-0.15, -0.1) is 5.10 Å². The monoisotopic (exact) mass is 455 g/mol. The molecule has 0 radical (unpaired) electrons. The molecule has 1 fully saturated rings. The van der Waals surface area contributed by atoms with Crippen LogP contribution in [0.3, 0.4) is 0 Å². The second-order valence-electron chi connectivity index (χ2n) is 6.97. The van der Waals surface area contributed by atoms with Crippen molar-refractivity contribution >= 4 is 23.9 Å². The van der Waals surface area contributed by atoms with E-state index in [0.29, 0.717) is 49.7 Å². The summed E-state index contributed by atoms with van der Waals surface area (Å²) in [5.41, 5.74) is 9.81. The van der Waals surface area contributed by atoms with Gasteiger partial charge in [-0.2, -0.15) is 9.78 Å². The minimum absolute atomic E-state index is 0.0407. The van der Waals surface area contributed by atoms with Crippen LogP contribution in [-0.2, 0) is 16.0 Å². The first-order valence-electron chi connectivity index (χ1n) is 9.91. The van der Waals surface area contributed by atoms with Crippen LogP contribution in [0.5, 0.6) is 0 Å². The predicted molar refractivity (Wildman–Crippen MR) is 113 cm³/mol. The molecular formula is C19H21N9O5. The van der Waals surface area contributed by atoms with Crippen LogP contribution in [-0.4, -0.2) is 81.7 Å². The zero-order valence-corrected chi connectivity index (χ0v) is 17.7. The molecule has 14 nitrogen and oxygen atoms in total. The first-order valence-corrected chi connectivity index (χ1v) is 9.91. The fraction of sp³-hybridized carbons (Fsp3) is 0.316. The molecule has 1 saturated heterocycles. The number of anilines is 1. The smallest absolute Gasteiger partial charge is 0.337 e. The van der Waals surface area contributed by atoms with Gasteiger partial charge in [-0.3, -0.25) is 9.69 Å². The van der Waals surface area contributed by atoms with E-state index < -0.39 is 11.9 Å². The summed E-state index contributed by atoms with van der Waals surface area (Å²) in [5.74, 6) is -1.01. The lowest BCUT2D eigenvalue weighted by Crippen LogP contribution is -2.36. The van der Waals surface area contributed by atoms with Crippen molar-refractivity contribution < 1.29 is 23.7 Å². The molecule has 0 spiro atoms. The standard InChI is InChI=1S/C19H21N9O5/c1-31-19(30)13-4-2-12(3-5-13)10-21-23-18(29)15-14(11-27-6-8-32-9-7-27)22-26-28(15)17-16(20)24-33-25-17/h2-5,10H,6-9,11H2,1H3,(H2,20,24)(H,23,29)/b21-10+. The fourth-order valence-electron chi connectivity index (χ4n) is 3.15. The Hall–Kier alpha value is -4.17. The van der Waals surface area contributed by atoms with Gasteiger partial charge in [0.15, 0.2) is 5.69 Å². The predicted octanol–water partition coefficient (Wildman–Crippen LogP) is -0.385. The first-order chi connectivity index (χ1) is 16.1. The van der Waals surface area contributed by atoms with E-state index in [2.05, 4.69) is 45.4 Å². The van der Waals surface area contributed by atoms with Crippen molar-refractivity contribution in [1.29, 1.82) is 0 Å². The third kappa shape index (κ3) is 5.02. The third-order valence-electron chi connectivity index (χ3n) is 4.84. The first kappa shape index (κ1) is 22.0. The molecule has 33 heavy (non-hydrogen) atoms. The summed E-state index contributed by atoms with van der Waals surface area (Å²) in [6, 6.07) is 6.52. The number of esters is 1. The number of methoxy groups -OCH3 is 1. The number of nitrogens with two attached hydrogens (primary N) is 1. The average Bonchev–Trinajstić information content (AvgIpc) is 3.45. The molecule has 3 aromatic rings. The molecule has 0 aliphatic carbocycles. The van der Waals surface area contributed by atoms with Gasteiger partial charge in [-0.1, -0.05) is 17.3 Å². The maximum atomic E-state index is 13.0. The normalized spacial score (nSPS) is 14.5. The van der Waals surface area contributed by atoms with Crippen molar-refractivity contribution in [3.05, 3.63) is 46.8 Å². The number of nitrogen functional groups attached to an aromatic ring is 1. The number of aromatic nitrogens is 5. The summed E-state index contributed by atoms with van der Waals surface area (Å²) >= 11 is 0. The molecule has 0 bridgehead atoms. The van der Waals surface area contributed by atoms with Crippen molar-refractivity contribution in [3.63, 3.8) is 0 Å². The summed E-state index contributed by atoms with van der Waals surface area (Å²) in [6.07, 6.45) is 1.43. The molecule has 1 aromatic carbocycles. The lowest BCUT2D eigenvalue weighted by molar-refractivity contribution is 0.0335. The number of nitrogens with zero attached hydrogens (tertiary/aromatic N) is 7. The van der Waals surface area contributed by atoms with Gasteiger partial charge in [0, 0.05) is 19.6 Å².